The lowest BCUT2D eigenvalue weighted by atomic mass is 9.51. The largest absolute Gasteiger partial charge is 0.323 e. The summed E-state index contributed by atoms with van der Waals surface area (Å²) in [6, 6.07) is 4.76. The zero-order valence-electron chi connectivity index (χ0n) is 11.8. The molecule has 0 radical (unpaired) electrons. The van der Waals surface area contributed by atoms with E-state index in [2.05, 4.69) is 19.1 Å². The number of hydrogen-bond donors (Lipinski definition) is 1. The van der Waals surface area contributed by atoms with Gasteiger partial charge in [0.15, 0.2) is 0 Å². The van der Waals surface area contributed by atoms with Crippen LogP contribution in [0.25, 0.3) is 0 Å². The van der Waals surface area contributed by atoms with Crippen LogP contribution in [0.4, 0.5) is 0 Å². The fourth-order valence-electron chi connectivity index (χ4n) is 5.48. The molecule has 4 saturated carbocycles. The molecule has 1 atom stereocenters. The molecule has 4 fully saturated rings. The average Bonchev–Trinajstić information content (AvgIpc) is 2.79. The summed E-state index contributed by atoms with van der Waals surface area (Å²) >= 11 is 1.90. The van der Waals surface area contributed by atoms with Crippen molar-refractivity contribution in [2.45, 2.75) is 51.5 Å². The smallest absolute Gasteiger partial charge is 0.0392 e. The second-order valence-electron chi connectivity index (χ2n) is 7.39. The summed E-state index contributed by atoms with van der Waals surface area (Å²) in [6.07, 6.45) is 8.88. The zero-order chi connectivity index (χ0) is 13.0. The lowest BCUT2D eigenvalue weighted by Gasteiger charge is -2.55. The molecule has 1 nitrogen and oxygen atoms in total. The molecule has 0 amide bonds. The number of aryl methyl sites for hydroxylation is 1. The maximum Gasteiger partial charge on any atom is 0.0392 e. The van der Waals surface area contributed by atoms with Crippen LogP contribution in [0, 0.1) is 36.5 Å². The van der Waals surface area contributed by atoms with Gasteiger partial charge < -0.3 is 5.73 Å². The second-order valence-corrected chi connectivity index (χ2v) is 8.70. The maximum absolute atomic E-state index is 6.50. The molecule has 0 aromatic carbocycles. The normalized spacial score (nSPS) is 41.7. The molecule has 4 aliphatic carbocycles. The monoisotopic (exact) mass is 275 g/mol. The highest BCUT2D eigenvalue weighted by Gasteiger charge is 2.48. The van der Waals surface area contributed by atoms with Gasteiger partial charge in [0.1, 0.15) is 0 Å². The highest BCUT2D eigenvalue weighted by Crippen LogP contribution is 2.58. The Morgan fingerprint density at radius 1 is 1.11 bits per heavy atom. The fraction of sp³-hybridized carbons (Fsp3) is 0.765. The molecular weight excluding hydrogens is 250 g/mol. The third-order valence-corrected chi connectivity index (χ3v) is 7.21. The van der Waals surface area contributed by atoms with Crippen LogP contribution in [0.5, 0.6) is 0 Å². The van der Waals surface area contributed by atoms with Crippen molar-refractivity contribution in [2.75, 3.05) is 0 Å². The van der Waals surface area contributed by atoms with Crippen molar-refractivity contribution >= 4 is 11.3 Å². The van der Waals surface area contributed by atoms with Gasteiger partial charge in [-0.3, -0.25) is 0 Å². The van der Waals surface area contributed by atoms with Crippen molar-refractivity contribution in [3.8, 4) is 0 Å². The number of hydrogen-bond acceptors (Lipinski definition) is 2. The predicted octanol–water partition coefficient (Wildman–Crippen LogP) is 4.52. The topological polar surface area (TPSA) is 26.0 Å². The van der Waals surface area contributed by atoms with E-state index in [1.165, 1.54) is 41.9 Å². The molecule has 1 unspecified atom stereocenters. The molecule has 0 spiro atoms. The molecule has 104 valence electrons. The van der Waals surface area contributed by atoms with Gasteiger partial charge in [-0.15, -0.1) is 11.3 Å². The van der Waals surface area contributed by atoms with Crippen molar-refractivity contribution in [1.29, 1.82) is 0 Å². The van der Waals surface area contributed by atoms with Crippen molar-refractivity contribution in [1.82, 2.24) is 0 Å². The van der Waals surface area contributed by atoms with Gasteiger partial charge in [-0.25, -0.2) is 0 Å². The van der Waals surface area contributed by atoms with E-state index in [1.54, 1.807) is 6.42 Å². The number of rotatable bonds is 3. The lowest BCUT2D eigenvalue weighted by Crippen LogP contribution is -2.45. The second kappa shape index (κ2) is 4.60. The summed E-state index contributed by atoms with van der Waals surface area (Å²) in [7, 11) is 0. The van der Waals surface area contributed by atoms with Crippen LogP contribution >= 0.6 is 11.3 Å². The third kappa shape index (κ3) is 2.17. The first-order valence-electron chi connectivity index (χ1n) is 8.01. The van der Waals surface area contributed by atoms with E-state index in [9.17, 15) is 0 Å². The fourth-order valence-corrected chi connectivity index (χ4v) is 6.38. The Bertz CT molecular complexity index is 436. The van der Waals surface area contributed by atoms with E-state index in [0.717, 1.165) is 29.6 Å². The van der Waals surface area contributed by atoms with Crippen LogP contribution in [0.15, 0.2) is 12.1 Å². The molecule has 0 saturated heterocycles. The highest BCUT2D eigenvalue weighted by molar-refractivity contribution is 7.12. The van der Waals surface area contributed by atoms with Crippen LogP contribution in [0.2, 0.25) is 0 Å². The van der Waals surface area contributed by atoms with Gasteiger partial charge in [0, 0.05) is 15.8 Å². The Balaban J connectivity index is 1.48. The zero-order valence-corrected chi connectivity index (χ0v) is 12.7. The molecule has 19 heavy (non-hydrogen) atoms. The quantitative estimate of drug-likeness (QED) is 0.862. The van der Waals surface area contributed by atoms with Crippen molar-refractivity contribution < 1.29 is 0 Å². The minimum absolute atomic E-state index is 0.293. The first-order chi connectivity index (χ1) is 9.19. The number of nitrogens with two attached hydrogens (primary N) is 1. The van der Waals surface area contributed by atoms with Crippen LogP contribution in [0.1, 0.15) is 54.3 Å². The number of thiophene rings is 1. The molecule has 1 aromatic heterocycles. The standard InChI is InChI=1S/C17H25NS/c1-10-2-3-17(19-10)16(18)9-15-13-5-11-4-12(7-13)8-14(15)6-11/h2-3,11-16H,4-9,18H2,1H3. The molecule has 1 heterocycles. The molecule has 5 rings (SSSR count). The van der Waals surface area contributed by atoms with Gasteiger partial charge in [0.05, 0.1) is 0 Å². The van der Waals surface area contributed by atoms with E-state index >= 15 is 0 Å². The van der Waals surface area contributed by atoms with Gasteiger partial charge in [-0.2, -0.15) is 0 Å². The van der Waals surface area contributed by atoms with E-state index in [4.69, 9.17) is 5.73 Å². The first kappa shape index (κ1) is 12.4. The SMILES string of the molecule is Cc1ccc(C(N)CC2C3CC4CC(C3)CC2C4)s1. The van der Waals surface area contributed by atoms with Crippen LogP contribution in [-0.4, -0.2) is 0 Å². The van der Waals surface area contributed by atoms with Crippen LogP contribution in [0.3, 0.4) is 0 Å². The van der Waals surface area contributed by atoms with E-state index < -0.39 is 0 Å². The molecular formula is C17H25NS. The molecule has 1 aromatic rings. The minimum Gasteiger partial charge on any atom is -0.323 e. The van der Waals surface area contributed by atoms with Crippen molar-refractivity contribution in [2.24, 2.45) is 35.3 Å². The molecule has 0 aliphatic heterocycles. The summed E-state index contributed by atoms with van der Waals surface area (Å²) in [4.78, 5) is 2.81. The maximum atomic E-state index is 6.50. The first-order valence-corrected chi connectivity index (χ1v) is 8.82. The third-order valence-electron chi connectivity index (χ3n) is 6.07. The van der Waals surface area contributed by atoms with E-state index in [-0.39, 0.29) is 0 Å². The van der Waals surface area contributed by atoms with Crippen LogP contribution < -0.4 is 5.73 Å². The lowest BCUT2D eigenvalue weighted by molar-refractivity contribution is -0.0419. The summed E-state index contributed by atoms with van der Waals surface area (Å²) in [5.74, 6) is 5.13. The van der Waals surface area contributed by atoms with Crippen molar-refractivity contribution in [3.63, 3.8) is 0 Å². The highest BCUT2D eigenvalue weighted by atomic mass is 32.1. The summed E-state index contributed by atoms with van der Waals surface area (Å²) < 4.78 is 0. The summed E-state index contributed by atoms with van der Waals surface area (Å²) in [6.45, 7) is 2.18. The van der Waals surface area contributed by atoms with Crippen LogP contribution in [-0.2, 0) is 0 Å². The van der Waals surface area contributed by atoms with Gasteiger partial charge in [-0.1, -0.05) is 0 Å². The Hall–Kier alpha value is -0.340. The summed E-state index contributed by atoms with van der Waals surface area (Å²) in [5, 5.41) is 0. The van der Waals surface area contributed by atoms with E-state index in [1.807, 2.05) is 11.3 Å². The van der Waals surface area contributed by atoms with Gasteiger partial charge in [0.25, 0.3) is 0 Å². The predicted molar refractivity (Wildman–Crippen MR) is 81.1 cm³/mol. The van der Waals surface area contributed by atoms with Gasteiger partial charge >= 0.3 is 0 Å². The molecule has 2 N–H and O–H groups in total. The van der Waals surface area contributed by atoms with Gasteiger partial charge in [-0.05, 0) is 87.2 Å². The Kier molecular flexibility index (Phi) is 3.00. The average molecular weight is 275 g/mol. The Labute approximate surface area is 120 Å². The molecule has 4 bridgehead atoms. The van der Waals surface area contributed by atoms with Gasteiger partial charge in [0.2, 0.25) is 0 Å². The molecule has 4 aliphatic rings. The molecule has 2 heteroatoms. The summed E-state index contributed by atoms with van der Waals surface area (Å²) in [5.41, 5.74) is 6.50. The van der Waals surface area contributed by atoms with Crippen molar-refractivity contribution in [3.05, 3.63) is 21.9 Å². The van der Waals surface area contributed by atoms with E-state index in [0.29, 0.717) is 6.04 Å². The Morgan fingerprint density at radius 3 is 2.26 bits per heavy atom. The minimum atomic E-state index is 0.293. The Morgan fingerprint density at radius 2 is 1.74 bits per heavy atom.